The third-order valence-corrected chi connectivity index (χ3v) is 5.73. The van der Waals surface area contributed by atoms with Crippen LogP contribution in [-0.4, -0.2) is 58.1 Å². The Bertz CT molecular complexity index is 1000. The van der Waals surface area contributed by atoms with Crippen LogP contribution < -0.4 is 10.6 Å². The zero-order chi connectivity index (χ0) is 24.4. The van der Waals surface area contributed by atoms with Crippen molar-refractivity contribution in [2.45, 2.75) is 71.7 Å². The smallest absolute Gasteiger partial charge is 0.340 e. The highest BCUT2D eigenvalue weighted by atomic mass is 16.6. The van der Waals surface area contributed by atoms with Crippen LogP contribution in [0, 0.1) is 6.92 Å². The third-order valence-electron chi connectivity index (χ3n) is 5.73. The van der Waals surface area contributed by atoms with Crippen LogP contribution in [0.5, 0.6) is 0 Å². The summed E-state index contributed by atoms with van der Waals surface area (Å²) < 4.78 is 19.4. The fourth-order valence-electron chi connectivity index (χ4n) is 4.14. The van der Waals surface area contributed by atoms with Gasteiger partial charge in [-0.25, -0.2) is 9.78 Å². The van der Waals surface area contributed by atoms with Gasteiger partial charge in [0.05, 0.1) is 30.0 Å². The molecule has 0 radical (unpaired) electrons. The number of ether oxygens (including phenoxy) is 3. The van der Waals surface area contributed by atoms with Crippen LogP contribution in [0.15, 0.2) is 18.7 Å². The van der Waals surface area contributed by atoms with Crippen molar-refractivity contribution in [1.29, 1.82) is 0 Å². The van der Waals surface area contributed by atoms with Gasteiger partial charge in [-0.05, 0) is 54.4 Å². The molecule has 33 heavy (non-hydrogen) atoms. The molecule has 0 saturated carbocycles. The van der Waals surface area contributed by atoms with Gasteiger partial charge in [0.15, 0.2) is 11.8 Å². The Balaban J connectivity index is 2.11. The van der Waals surface area contributed by atoms with Crippen LogP contribution in [-0.2, 0) is 19.0 Å². The van der Waals surface area contributed by atoms with Crippen molar-refractivity contribution in [2.75, 3.05) is 36.9 Å². The molecule has 0 aliphatic carbocycles. The van der Waals surface area contributed by atoms with Crippen molar-refractivity contribution >= 4 is 23.3 Å². The molecule has 9 nitrogen and oxygen atoms in total. The van der Waals surface area contributed by atoms with E-state index in [0.29, 0.717) is 42.4 Å². The first-order valence-electron chi connectivity index (χ1n) is 11.5. The zero-order valence-electron chi connectivity index (χ0n) is 20.7. The molecular weight excluding hydrogens is 422 g/mol. The van der Waals surface area contributed by atoms with Gasteiger partial charge in [-0.3, -0.25) is 0 Å². The number of rotatable bonds is 8. The lowest BCUT2D eigenvalue weighted by Gasteiger charge is -2.41. The largest absolute Gasteiger partial charge is 0.464 e. The Morgan fingerprint density at radius 3 is 2.61 bits per heavy atom. The van der Waals surface area contributed by atoms with Crippen molar-refractivity contribution in [3.05, 3.63) is 30.0 Å². The molecule has 3 rings (SSSR count). The van der Waals surface area contributed by atoms with Gasteiger partial charge in [0.25, 0.3) is 0 Å². The summed E-state index contributed by atoms with van der Waals surface area (Å²) in [5.74, 6) is 0.664. The molecule has 1 atom stereocenters. The predicted octanol–water partition coefficient (Wildman–Crippen LogP) is 3.60. The lowest BCUT2D eigenvalue weighted by Crippen LogP contribution is -2.45. The van der Waals surface area contributed by atoms with E-state index in [0.717, 1.165) is 18.7 Å². The molecule has 1 aliphatic rings. The molecule has 9 heteroatoms. The molecule has 182 valence electrons. The zero-order valence-corrected chi connectivity index (χ0v) is 20.7. The average molecular weight is 460 g/mol. The van der Waals surface area contributed by atoms with Crippen LogP contribution in [0.3, 0.4) is 0 Å². The maximum Gasteiger partial charge on any atom is 0.340 e. The number of esters is 1. The van der Waals surface area contributed by atoms with Crippen molar-refractivity contribution in [1.82, 2.24) is 14.6 Å². The van der Waals surface area contributed by atoms with E-state index in [2.05, 4.69) is 28.5 Å². The Kier molecular flexibility index (Phi) is 7.33. The van der Waals surface area contributed by atoms with E-state index in [1.54, 1.807) is 23.6 Å². The van der Waals surface area contributed by atoms with E-state index in [4.69, 9.17) is 19.9 Å². The molecule has 3 heterocycles. The molecule has 1 aliphatic heterocycles. The van der Waals surface area contributed by atoms with Gasteiger partial charge >= 0.3 is 5.97 Å². The molecule has 0 unspecified atom stereocenters. The summed E-state index contributed by atoms with van der Waals surface area (Å²) >= 11 is 0. The number of nitrogens with zero attached hydrogens (tertiary/aromatic N) is 4. The molecule has 2 N–H and O–H groups in total. The minimum Gasteiger partial charge on any atom is -0.464 e. The van der Waals surface area contributed by atoms with E-state index in [-0.39, 0.29) is 12.2 Å². The standard InChI is InChI=1S/C24H37N5O4/c1-8-14-32-24(7)10-12-28(13-11-24)21-19(16(3)26-18-15-17(25)27-29(18)21)20(22(30)31-9-2)33-23(4,5)6/h8,15,20H,1,9-14H2,2-7H3,(H2,25,27)/t20-/m0/s1. The normalized spacial score (nSPS) is 17.2. The Labute approximate surface area is 195 Å². The number of nitrogens with two attached hydrogens (primary N) is 1. The summed E-state index contributed by atoms with van der Waals surface area (Å²) in [5.41, 5.74) is 7.15. The molecule has 0 aromatic carbocycles. The second-order valence-corrected chi connectivity index (χ2v) is 9.67. The SMILES string of the molecule is C=CCOC1(C)CCN(c2c([C@H](OC(C)(C)C)C(=O)OCC)c(C)nc3cc(N)nn23)CC1. The highest BCUT2D eigenvalue weighted by Crippen LogP contribution is 2.38. The van der Waals surface area contributed by atoms with Gasteiger partial charge in [0.1, 0.15) is 11.6 Å². The highest BCUT2D eigenvalue weighted by Gasteiger charge is 2.38. The van der Waals surface area contributed by atoms with Gasteiger partial charge in [0.2, 0.25) is 0 Å². The minimum absolute atomic E-state index is 0.238. The maximum atomic E-state index is 13.1. The number of hydrogen-bond acceptors (Lipinski definition) is 8. The molecule has 0 amide bonds. The number of piperidine rings is 1. The highest BCUT2D eigenvalue weighted by molar-refractivity contribution is 5.80. The summed E-state index contributed by atoms with van der Waals surface area (Å²) in [5, 5.41) is 4.50. The predicted molar refractivity (Wildman–Crippen MR) is 128 cm³/mol. The average Bonchev–Trinajstić information content (AvgIpc) is 3.09. The van der Waals surface area contributed by atoms with Gasteiger partial charge in [-0.15, -0.1) is 11.7 Å². The number of aromatic nitrogens is 3. The molecule has 1 saturated heterocycles. The van der Waals surface area contributed by atoms with Crippen LogP contribution in [0.2, 0.25) is 0 Å². The van der Waals surface area contributed by atoms with E-state index in [1.165, 1.54) is 0 Å². The van der Waals surface area contributed by atoms with Crippen molar-refractivity contribution in [3.63, 3.8) is 0 Å². The Morgan fingerprint density at radius 1 is 1.36 bits per heavy atom. The molecular formula is C24H37N5O4. The van der Waals surface area contributed by atoms with Gasteiger partial charge in [-0.2, -0.15) is 4.52 Å². The first-order valence-corrected chi connectivity index (χ1v) is 11.5. The number of anilines is 2. The fourth-order valence-corrected chi connectivity index (χ4v) is 4.14. The Morgan fingerprint density at radius 2 is 2.03 bits per heavy atom. The minimum atomic E-state index is -0.951. The van der Waals surface area contributed by atoms with Gasteiger partial charge in [0, 0.05) is 24.8 Å². The topological polar surface area (TPSA) is 104 Å². The molecule has 1 fully saturated rings. The van der Waals surface area contributed by atoms with E-state index in [1.807, 2.05) is 27.7 Å². The first-order chi connectivity index (χ1) is 15.5. The van der Waals surface area contributed by atoms with Crippen molar-refractivity contribution < 1.29 is 19.0 Å². The van der Waals surface area contributed by atoms with Crippen LogP contribution in [0.1, 0.15) is 64.8 Å². The number of aryl methyl sites for hydroxylation is 1. The maximum absolute atomic E-state index is 13.1. The first kappa shape index (κ1) is 25.0. The summed E-state index contributed by atoms with van der Waals surface area (Å²) in [6, 6.07) is 1.73. The lowest BCUT2D eigenvalue weighted by atomic mass is 9.92. The van der Waals surface area contributed by atoms with E-state index in [9.17, 15) is 4.79 Å². The summed E-state index contributed by atoms with van der Waals surface area (Å²) in [7, 11) is 0. The summed E-state index contributed by atoms with van der Waals surface area (Å²) in [6.45, 7) is 17.5. The lowest BCUT2D eigenvalue weighted by molar-refractivity contribution is -0.166. The second-order valence-electron chi connectivity index (χ2n) is 9.67. The third kappa shape index (κ3) is 5.65. The Hall–Kier alpha value is -2.65. The quantitative estimate of drug-likeness (QED) is 0.472. The van der Waals surface area contributed by atoms with Crippen LogP contribution >= 0.6 is 0 Å². The van der Waals surface area contributed by atoms with E-state index >= 15 is 0 Å². The number of carbonyl (C=O) groups is 1. The molecule has 0 bridgehead atoms. The number of nitrogen functional groups attached to an aromatic ring is 1. The number of hydrogen-bond donors (Lipinski definition) is 1. The number of carbonyl (C=O) groups excluding carboxylic acids is 1. The number of fused-ring (bicyclic) bond motifs is 1. The molecule has 2 aromatic rings. The van der Waals surface area contributed by atoms with Crippen molar-refractivity contribution in [3.8, 4) is 0 Å². The van der Waals surface area contributed by atoms with Gasteiger partial charge in [-0.1, -0.05) is 6.08 Å². The fraction of sp³-hybridized carbons (Fsp3) is 0.625. The van der Waals surface area contributed by atoms with Gasteiger partial charge < -0.3 is 24.8 Å². The molecule has 2 aromatic heterocycles. The summed E-state index contributed by atoms with van der Waals surface area (Å²) in [6.07, 6.45) is 2.44. The van der Waals surface area contributed by atoms with E-state index < -0.39 is 17.7 Å². The van der Waals surface area contributed by atoms with Crippen LogP contribution in [0.4, 0.5) is 11.6 Å². The molecule has 0 spiro atoms. The summed E-state index contributed by atoms with van der Waals surface area (Å²) in [4.78, 5) is 20.0. The van der Waals surface area contributed by atoms with Crippen LogP contribution in [0.25, 0.3) is 5.65 Å². The van der Waals surface area contributed by atoms with Crippen molar-refractivity contribution in [2.24, 2.45) is 0 Å². The second kappa shape index (κ2) is 9.69. The monoisotopic (exact) mass is 459 g/mol.